The lowest BCUT2D eigenvalue weighted by Gasteiger charge is -2.30. The number of nitrogen functional groups attached to an aromatic ring is 1. The fourth-order valence-corrected chi connectivity index (χ4v) is 3.43. The van der Waals surface area contributed by atoms with Gasteiger partial charge in [0.2, 0.25) is 5.95 Å². The molecule has 0 bridgehead atoms. The molecule has 0 aliphatic heterocycles. The topological polar surface area (TPSA) is 60.0 Å². The maximum atomic E-state index is 5.92. The van der Waals surface area contributed by atoms with E-state index < -0.39 is 0 Å². The summed E-state index contributed by atoms with van der Waals surface area (Å²) in [7, 11) is 0. The molecule has 1 atom stereocenters. The van der Waals surface area contributed by atoms with E-state index >= 15 is 0 Å². The molecule has 2 N–H and O–H groups in total. The van der Waals surface area contributed by atoms with Crippen LogP contribution in [0.4, 0.5) is 11.8 Å². The van der Waals surface area contributed by atoms with Crippen LogP contribution in [0.3, 0.4) is 0 Å². The molecule has 136 valence electrons. The summed E-state index contributed by atoms with van der Waals surface area (Å²) in [6.45, 7) is 3.79. The summed E-state index contributed by atoms with van der Waals surface area (Å²) in [5, 5.41) is 1.25. The van der Waals surface area contributed by atoms with Crippen molar-refractivity contribution in [2.45, 2.75) is 19.5 Å². The molecule has 0 saturated carbocycles. The van der Waals surface area contributed by atoms with E-state index in [4.69, 9.17) is 5.73 Å². The van der Waals surface area contributed by atoms with Crippen LogP contribution in [0.1, 0.15) is 18.5 Å². The molecule has 2 aromatic heterocycles. The molecule has 4 rings (SSSR count). The van der Waals surface area contributed by atoms with E-state index in [0.717, 1.165) is 13.1 Å². The first-order valence-electron chi connectivity index (χ1n) is 9.16. The maximum absolute atomic E-state index is 5.92. The number of aromatic nitrogens is 3. The van der Waals surface area contributed by atoms with Gasteiger partial charge in [-0.25, -0.2) is 4.98 Å². The highest BCUT2D eigenvalue weighted by atomic mass is 15.3. The van der Waals surface area contributed by atoms with Gasteiger partial charge >= 0.3 is 0 Å². The zero-order valence-electron chi connectivity index (χ0n) is 15.4. The minimum Gasteiger partial charge on any atom is -0.384 e. The van der Waals surface area contributed by atoms with E-state index in [2.05, 4.69) is 87.2 Å². The number of para-hydroxylation sites is 1. The van der Waals surface area contributed by atoms with Crippen molar-refractivity contribution in [2.24, 2.45) is 0 Å². The number of fused-ring (bicyclic) bond motifs is 1. The Bertz CT molecular complexity index is 1030. The second-order valence-electron chi connectivity index (χ2n) is 6.63. The Kier molecular flexibility index (Phi) is 4.75. The normalized spacial score (nSPS) is 12.2. The molecule has 1 unspecified atom stereocenters. The van der Waals surface area contributed by atoms with Gasteiger partial charge in [0.15, 0.2) is 0 Å². The Labute approximate surface area is 159 Å². The third-order valence-electron chi connectivity index (χ3n) is 4.93. The van der Waals surface area contributed by atoms with E-state index in [1.54, 1.807) is 12.3 Å². The highest BCUT2D eigenvalue weighted by molar-refractivity contribution is 5.79. The summed E-state index contributed by atoms with van der Waals surface area (Å²) in [4.78, 5) is 11.1. The average Bonchev–Trinajstić information content (AvgIpc) is 3.12. The lowest BCUT2D eigenvalue weighted by Crippen LogP contribution is -2.32. The van der Waals surface area contributed by atoms with Crippen LogP contribution in [0.5, 0.6) is 0 Å². The summed E-state index contributed by atoms with van der Waals surface area (Å²) >= 11 is 0. The summed E-state index contributed by atoms with van der Waals surface area (Å²) in [6.07, 6.45) is 3.85. The molecule has 5 heteroatoms. The van der Waals surface area contributed by atoms with Crippen LogP contribution < -0.4 is 10.6 Å². The predicted molar refractivity (Wildman–Crippen MR) is 111 cm³/mol. The molecule has 4 aromatic rings. The number of nitrogens with zero attached hydrogens (tertiary/aromatic N) is 4. The van der Waals surface area contributed by atoms with E-state index in [1.807, 2.05) is 6.07 Å². The number of benzene rings is 2. The fourth-order valence-electron chi connectivity index (χ4n) is 3.43. The van der Waals surface area contributed by atoms with Gasteiger partial charge in [-0.3, -0.25) is 0 Å². The number of nitrogens with two attached hydrogens (primary N) is 1. The van der Waals surface area contributed by atoms with E-state index in [-0.39, 0.29) is 6.04 Å². The number of hydrogen-bond donors (Lipinski definition) is 1. The number of rotatable bonds is 6. The van der Waals surface area contributed by atoms with Gasteiger partial charge in [0.1, 0.15) is 5.82 Å². The molecule has 0 amide bonds. The van der Waals surface area contributed by atoms with Crippen LogP contribution in [0.2, 0.25) is 0 Å². The van der Waals surface area contributed by atoms with E-state index in [1.165, 1.54) is 16.5 Å². The monoisotopic (exact) mass is 357 g/mol. The quantitative estimate of drug-likeness (QED) is 0.559. The first kappa shape index (κ1) is 17.1. The Hall–Kier alpha value is -3.34. The molecule has 0 radical (unpaired) electrons. The van der Waals surface area contributed by atoms with Crippen LogP contribution in [0.25, 0.3) is 10.9 Å². The molecule has 0 aliphatic carbocycles. The molecular weight excluding hydrogens is 334 g/mol. The number of anilines is 2. The second-order valence-corrected chi connectivity index (χ2v) is 6.63. The van der Waals surface area contributed by atoms with Crippen molar-refractivity contribution in [1.29, 1.82) is 0 Å². The van der Waals surface area contributed by atoms with Crippen molar-refractivity contribution >= 4 is 22.7 Å². The number of hydrogen-bond acceptors (Lipinski definition) is 4. The molecule has 0 aliphatic rings. The third-order valence-corrected chi connectivity index (χ3v) is 4.93. The first-order valence-corrected chi connectivity index (χ1v) is 9.16. The maximum Gasteiger partial charge on any atom is 0.227 e. The summed E-state index contributed by atoms with van der Waals surface area (Å²) in [5.41, 5.74) is 8.37. The van der Waals surface area contributed by atoms with Gasteiger partial charge in [0, 0.05) is 31.0 Å². The van der Waals surface area contributed by atoms with Crippen LogP contribution in [0, 0.1) is 0 Å². The zero-order valence-corrected chi connectivity index (χ0v) is 15.4. The second kappa shape index (κ2) is 7.50. The smallest absolute Gasteiger partial charge is 0.227 e. The van der Waals surface area contributed by atoms with Crippen molar-refractivity contribution in [1.82, 2.24) is 14.5 Å². The minimum atomic E-state index is 0.134. The van der Waals surface area contributed by atoms with Crippen molar-refractivity contribution in [2.75, 3.05) is 17.2 Å². The average molecular weight is 357 g/mol. The predicted octanol–water partition coefficient (Wildman–Crippen LogP) is 4.28. The Morgan fingerprint density at radius 3 is 2.59 bits per heavy atom. The zero-order chi connectivity index (χ0) is 18.6. The lowest BCUT2D eigenvalue weighted by atomic mass is 10.1. The highest BCUT2D eigenvalue weighted by Gasteiger charge is 2.19. The van der Waals surface area contributed by atoms with Crippen molar-refractivity contribution in [3.05, 3.63) is 84.7 Å². The van der Waals surface area contributed by atoms with Gasteiger partial charge < -0.3 is 15.2 Å². The fraction of sp³-hybridized carbons (Fsp3) is 0.182. The van der Waals surface area contributed by atoms with Gasteiger partial charge in [-0.05, 0) is 36.1 Å². The SMILES string of the molecule is CC(c1ccccc1)N(CCn1ccc2ccccc21)c1nccc(N)n1. The molecule has 0 spiro atoms. The van der Waals surface area contributed by atoms with Crippen LogP contribution in [-0.2, 0) is 6.54 Å². The van der Waals surface area contributed by atoms with Gasteiger partial charge in [-0.15, -0.1) is 0 Å². The van der Waals surface area contributed by atoms with E-state index in [9.17, 15) is 0 Å². The Balaban J connectivity index is 1.63. The van der Waals surface area contributed by atoms with Crippen LogP contribution in [-0.4, -0.2) is 21.1 Å². The molecular formula is C22H23N5. The Morgan fingerprint density at radius 2 is 1.78 bits per heavy atom. The first-order chi connectivity index (χ1) is 13.2. The van der Waals surface area contributed by atoms with Gasteiger partial charge in [-0.2, -0.15) is 4.98 Å². The van der Waals surface area contributed by atoms with Gasteiger partial charge in [0.05, 0.1) is 6.04 Å². The van der Waals surface area contributed by atoms with Crippen molar-refractivity contribution < 1.29 is 0 Å². The van der Waals surface area contributed by atoms with Crippen LogP contribution >= 0.6 is 0 Å². The molecule has 2 aromatic carbocycles. The third kappa shape index (κ3) is 3.62. The van der Waals surface area contributed by atoms with Crippen molar-refractivity contribution in [3.63, 3.8) is 0 Å². The molecule has 27 heavy (non-hydrogen) atoms. The van der Waals surface area contributed by atoms with Gasteiger partial charge in [-0.1, -0.05) is 48.5 Å². The molecule has 2 heterocycles. The van der Waals surface area contributed by atoms with Crippen molar-refractivity contribution in [3.8, 4) is 0 Å². The molecule has 5 nitrogen and oxygen atoms in total. The molecule has 0 saturated heterocycles. The van der Waals surface area contributed by atoms with Crippen LogP contribution in [0.15, 0.2) is 79.1 Å². The standard InChI is InChI=1S/C22H23N5/c1-17(18-7-3-2-4-8-18)27(22-24-13-11-21(23)25-22)16-15-26-14-12-19-9-5-6-10-20(19)26/h2-14,17H,15-16H2,1H3,(H2,23,24,25). The summed E-state index contributed by atoms with van der Waals surface area (Å²) in [5.74, 6) is 1.14. The molecule has 0 fully saturated rings. The lowest BCUT2D eigenvalue weighted by molar-refractivity contribution is 0.598. The highest BCUT2D eigenvalue weighted by Crippen LogP contribution is 2.25. The largest absolute Gasteiger partial charge is 0.384 e. The minimum absolute atomic E-state index is 0.134. The summed E-state index contributed by atoms with van der Waals surface area (Å²) < 4.78 is 2.27. The Morgan fingerprint density at radius 1 is 1.00 bits per heavy atom. The van der Waals surface area contributed by atoms with Gasteiger partial charge in [0.25, 0.3) is 0 Å². The summed E-state index contributed by atoms with van der Waals surface area (Å²) in [6, 6.07) is 22.8. The van der Waals surface area contributed by atoms with E-state index in [0.29, 0.717) is 11.8 Å².